The molecule has 1 aromatic heterocycles. The van der Waals surface area contributed by atoms with Crippen LogP contribution in [0.3, 0.4) is 0 Å². The van der Waals surface area contributed by atoms with E-state index in [1.807, 2.05) is 30.9 Å². The number of rotatable bonds is 7. The molecular weight excluding hydrogens is 538 g/mol. The van der Waals surface area contributed by atoms with Crippen LogP contribution in [0.25, 0.3) is 22.2 Å². The molecule has 8 heteroatoms. The lowest BCUT2D eigenvalue weighted by atomic mass is 9.82. The van der Waals surface area contributed by atoms with Crippen LogP contribution in [0, 0.1) is 6.92 Å². The molecule has 0 unspecified atom stereocenters. The Morgan fingerprint density at radius 3 is 2.37 bits per heavy atom. The predicted octanol–water partition coefficient (Wildman–Crippen LogP) is 5.97. The first-order chi connectivity index (χ1) is 20.9. The Hall–Kier alpha value is -3.88. The molecule has 0 radical (unpaired) electrons. The molecule has 7 rings (SSSR count). The van der Waals surface area contributed by atoms with Gasteiger partial charge in [0.15, 0.2) is 5.58 Å². The third-order valence-electron chi connectivity index (χ3n) is 9.33. The van der Waals surface area contributed by atoms with Crippen LogP contribution in [-0.2, 0) is 14.9 Å². The maximum atomic E-state index is 13.3. The number of para-hydroxylation sites is 1. The number of morpholine rings is 1. The maximum absolute atomic E-state index is 13.3. The fourth-order valence-electron chi connectivity index (χ4n) is 6.56. The number of ether oxygens (including phenoxy) is 1. The molecule has 224 valence electrons. The summed E-state index contributed by atoms with van der Waals surface area (Å²) in [4.78, 5) is 25.1. The Morgan fingerprint density at radius 1 is 0.930 bits per heavy atom. The summed E-state index contributed by atoms with van der Waals surface area (Å²) in [6.07, 6.45) is 2.75. The van der Waals surface area contributed by atoms with Crippen molar-refractivity contribution in [3.05, 3.63) is 71.8 Å². The zero-order valence-corrected chi connectivity index (χ0v) is 25.4. The summed E-state index contributed by atoms with van der Waals surface area (Å²) in [6.45, 7) is 13.1. The molecule has 0 spiro atoms. The Bertz CT molecular complexity index is 1610. The zero-order valence-electron chi connectivity index (χ0n) is 25.4. The van der Waals surface area contributed by atoms with Gasteiger partial charge >= 0.3 is 0 Å². The number of anilines is 3. The van der Waals surface area contributed by atoms with E-state index in [-0.39, 0.29) is 5.91 Å². The maximum Gasteiger partial charge on any atom is 0.300 e. The number of hydrogen-bond donors (Lipinski definition) is 1. The molecule has 1 N–H and O–H groups in total. The minimum Gasteiger partial charge on any atom is -0.423 e. The van der Waals surface area contributed by atoms with Gasteiger partial charge in [-0.25, -0.2) is 0 Å². The Morgan fingerprint density at radius 2 is 1.67 bits per heavy atom. The van der Waals surface area contributed by atoms with Gasteiger partial charge in [-0.1, -0.05) is 36.4 Å². The van der Waals surface area contributed by atoms with Gasteiger partial charge in [0, 0.05) is 62.2 Å². The molecule has 1 amide bonds. The van der Waals surface area contributed by atoms with Crippen molar-refractivity contribution >= 4 is 34.4 Å². The van der Waals surface area contributed by atoms with Crippen molar-refractivity contribution in [1.82, 2.24) is 14.8 Å². The predicted molar refractivity (Wildman–Crippen MR) is 171 cm³/mol. The second-order valence-electron chi connectivity index (χ2n) is 12.7. The molecule has 2 aliphatic heterocycles. The number of carbonyl (C=O) groups is 1. The number of nitrogens with zero attached hydrogens (tertiary/aromatic N) is 4. The molecule has 2 saturated heterocycles. The van der Waals surface area contributed by atoms with Crippen molar-refractivity contribution in [3.8, 4) is 11.1 Å². The van der Waals surface area contributed by atoms with Gasteiger partial charge in [0.05, 0.1) is 18.6 Å². The SMILES string of the molecule is Cc1cc(Nc2nc3cccc(-c4ccc(C(C)(C)C(=O)N5CCOCC5)cc4)c3o2)ccc1N1CCN(C2CC2)CC1. The van der Waals surface area contributed by atoms with Crippen LogP contribution in [0.1, 0.15) is 37.8 Å². The molecule has 3 heterocycles. The monoisotopic (exact) mass is 579 g/mol. The highest BCUT2D eigenvalue weighted by Gasteiger charge is 2.34. The zero-order chi connectivity index (χ0) is 29.6. The van der Waals surface area contributed by atoms with Gasteiger partial charge in [-0.05, 0) is 74.6 Å². The van der Waals surface area contributed by atoms with Gasteiger partial charge in [0.2, 0.25) is 5.91 Å². The van der Waals surface area contributed by atoms with Gasteiger partial charge in [-0.2, -0.15) is 4.98 Å². The minimum absolute atomic E-state index is 0.135. The highest BCUT2D eigenvalue weighted by Crippen LogP contribution is 2.35. The first-order valence-corrected chi connectivity index (χ1v) is 15.6. The molecule has 3 aromatic carbocycles. The van der Waals surface area contributed by atoms with Gasteiger partial charge in [-0.15, -0.1) is 0 Å². The molecular formula is C35H41N5O3. The third-order valence-corrected chi connectivity index (χ3v) is 9.33. The first-order valence-electron chi connectivity index (χ1n) is 15.6. The smallest absolute Gasteiger partial charge is 0.300 e. The summed E-state index contributed by atoms with van der Waals surface area (Å²) in [6, 6.07) is 22.1. The van der Waals surface area contributed by atoms with E-state index in [0.29, 0.717) is 32.3 Å². The number of nitrogens with one attached hydrogen (secondary N) is 1. The van der Waals surface area contributed by atoms with Crippen LogP contribution in [0.4, 0.5) is 17.4 Å². The third kappa shape index (κ3) is 5.61. The van der Waals surface area contributed by atoms with E-state index >= 15 is 0 Å². The van der Waals surface area contributed by atoms with Crippen LogP contribution in [0.5, 0.6) is 0 Å². The number of fused-ring (bicyclic) bond motifs is 1. The second kappa shape index (κ2) is 11.3. The van der Waals surface area contributed by atoms with E-state index in [2.05, 4.69) is 70.6 Å². The number of oxazole rings is 1. The van der Waals surface area contributed by atoms with Crippen LogP contribution < -0.4 is 10.2 Å². The van der Waals surface area contributed by atoms with Crippen molar-refractivity contribution in [2.75, 3.05) is 62.7 Å². The normalized spacial score (nSPS) is 18.3. The van der Waals surface area contributed by atoms with E-state index in [0.717, 1.165) is 65.7 Å². The standard InChI is InChI=1S/C35H41N5O3/c1-24-23-27(11-14-31(24)39-17-15-38(16-18-39)28-12-13-28)36-34-37-30-6-4-5-29(32(30)43-34)25-7-9-26(10-8-25)35(2,3)33(41)40-19-21-42-22-20-40/h4-11,14,23,28H,12-13,15-22H2,1-3H3,(H,36,37). The lowest BCUT2D eigenvalue weighted by Crippen LogP contribution is -2.48. The average Bonchev–Trinajstić information content (AvgIpc) is 3.80. The number of aromatic nitrogens is 1. The summed E-state index contributed by atoms with van der Waals surface area (Å²) >= 11 is 0. The van der Waals surface area contributed by atoms with Crippen molar-refractivity contribution < 1.29 is 13.9 Å². The minimum atomic E-state index is -0.621. The summed E-state index contributed by atoms with van der Waals surface area (Å²) in [5, 5.41) is 3.39. The summed E-state index contributed by atoms with van der Waals surface area (Å²) in [5.41, 5.74) is 7.41. The number of hydrogen-bond acceptors (Lipinski definition) is 7. The van der Waals surface area contributed by atoms with Crippen molar-refractivity contribution in [3.63, 3.8) is 0 Å². The summed E-state index contributed by atoms with van der Waals surface area (Å²) in [7, 11) is 0. The molecule has 1 saturated carbocycles. The first kappa shape index (κ1) is 27.9. The molecule has 0 atom stereocenters. The highest BCUT2D eigenvalue weighted by atomic mass is 16.5. The van der Waals surface area contributed by atoms with E-state index in [4.69, 9.17) is 14.1 Å². The Labute approximate surface area is 253 Å². The average molecular weight is 580 g/mol. The van der Waals surface area contributed by atoms with E-state index < -0.39 is 5.41 Å². The summed E-state index contributed by atoms with van der Waals surface area (Å²) < 4.78 is 11.7. The molecule has 8 nitrogen and oxygen atoms in total. The highest BCUT2D eigenvalue weighted by molar-refractivity contribution is 5.92. The van der Waals surface area contributed by atoms with Crippen LogP contribution in [-0.4, -0.2) is 79.2 Å². The molecule has 0 bridgehead atoms. The van der Waals surface area contributed by atoms with E-state index in [1.54, 1.807) is 0 Å². The molecule has 4 aromatic rings. The fourth-order valence-corrected chi connectivity index (χ4v) is 6.56. The number of piperazine rings is 1. The Kier molecular flexibility index (Phi) is 7.35. The van der Waals surface area contributed by atoms with Crippen LogP contribution in [0.15, 0.2) is 65.1 Å². The van der Waals surface area contributed by atoms with Crippen molar-refractivity contribution in [1.29, 1.82) is 0 Å². The van der Waals surface area contributed by atoms with Gasteiger partial charge in [-0.3, -0.25) is 9.69 Å². The second-order valence-corrected chi connectivity index (χ2v) is 12.7. The molecule has 43 heavy (non-hydrogen) atoms. The van der Waals surface area contributed by atoms with Crippen LogP contribution >= 0.6 is 0 Å². The number of aryl methyl sites for hydroxylation is 1. The van der Waals surface area contributed by atoms with Crippen molar-refractivity contribution in [2.45, 2.75) is 45.1 Å². The summed E-state index contributed by atoms with van der Waals surface area (Å²) in [5.74, 6) is 0.135. The topological polar surface area (TPSA) is 74.1 Å². The lowest BCUT2D eigenvalue weighted by Gasteiger charge is -2.37. The van der Waals surface area contributed by atoms with Gasteiger partial charge < -0.3 is 24.3 Å². The lowest BCUT2D eigenvalue weighted by molar-refractivity contribution is -0.140. The molecule has 3 aliphatic rings. The number of amides is 1. The fraction of sp³-hybridized carbons (Fsp3) is 0.429. The van der Waals surface area contributed by atoms with Gasteiger partial charge in [0.25, 0.3) is 6.01 Å². The quantitative estimate of drug-likeness (QED) is 0.289. The number of benzene rings is 3. The largest absolute Gasteiger partial charge is 0.423 e. The van der Waals surface area contributed by atoms with Crippen LogP contribution in [0.2, 0.25) is 0 Å². The Balaban J connectivity index is 1.07. The number of carbonyl (C=O) groups excluding carboxylic acids is 1. The molecule has 1 aliphatic carbocycles. The van der Waals surface area contributed by atoms with Crippen molar-refractivity contribution in [2.24, 2.45) is 0 Å². The van der Waals surface area contributed by atoms with E-state index in [1.165, 1.54) is 24.1 Å². The van der Waals surface area contributed by atoms with E-state index in [9.17, 15) is 4.79 Å². The molecule has 3 fully saturated rings. The van der Waals surface area contributed by atoms with Gasteiger partial charge in [0.1, 0.15) is 5.52 Å².